The van der Waals surface area contributed by atoms with E-state index in [0.717, 1.165) is 56.1 Å². The van der Waals surface area contributed by atoms with Gasteiger partial charge in [0.2, 0.25) is 0 Å². The first-order valence-corrected chi connectivity index (χ1v) is 11.5. The first-order valence-electron chi connectivity index (χ1n) is 10.7. The molecule has 1 aromatic heterocycles. The molecule has 6 nitrogen and oxygen atoms in total. The lowest BCUT2D eigenvalue weighted by atomic mass is 9.73. The molecule has 1 aliphatic heterocycles. The fourth-order valence-electron chi connectivity index (χ4n) is 4.26. The van der Waals surface area contributed by atoms with Crippen LogP contribution in [0.1, 0.15) is 42.8 Å². The number of aromatic nitrogens is 1. The number of hydrogen-bond acceptors (Lipinski definition) is 5. The van der Waals surface area contributed by atoms with E-state index in [1.165, 1.54) is 32.1 Å². The minimum Gasteiger partial charge on any atom is -0.379 e. The summed E-state index contributed by atoms with van der Waals surface area (Å²) in [5.41, 5.74) is -0.586. The number of aliphatic imine (C=N–C) groups is 1. The summed E-state index contributed by atoms with van der Waals surface area (Å²) in [6.07, 6.45) is 2.26. The number of nitrogens with one attached hydrogen (secondary N) is 2. The highest BCUT2D eigenvalue weighted by Crippen LogP contribution is 2.36. The molecule has 0 aromatic carbocycles. The number of guanidine groups is 1. The molecule has 2 aliphatic rings. The van der Waals surface area contributed by atoms with Gasteiger partial charge >= 0.3 is 6.18 Å². The van der Waals surface area contributed by atoms with E-state index in [2.05, 4.69) is 25.5 Å². The van der Waals surface area contributed by atoms with Crippen LogP contribution in [0.5, 0.6) is 0 Å². The van der Waals surface area contributed by atoms with Crippen LogP contribution in [0.3, 0.4) is 0 Å². The Bertz CT molecular complexity index is 689. The molecular weight excluding hydrogens is 542 g/mol. The van der Waals surface area contributed by atoms with Crippen LogP contribution in [0.4, 0.5) is 13.2 Å². The Morgan fingerprint density at radius 3 is 2.55 bits per heavy atom. The Labute approximate surface area is 203 Å². The molecule has 0 atom stereocenters. The van der Waals surface area contributed by atoms with E-state index < -0.39 is 11.9 Å². The summed E-state index contributed by atoms with van der Waals surface area (Å²) >= 11 is 1.04. The van der Waals surface area contributed by atoms with Gasteiger partial charge in [0, 0.05) is 57.0 Å². The van der Waals surface area contributed by atoms with Crippen molar-refractivity contribution in [3.05, 3.63) is 16.1 Å². The quantitative estimate of drug-likeness (QED) is 0.295. The Hall–Kier alpha value is -0.660. The molecule has 31 heavy (non-hydrogen) atoms. The van der Waals surface area contributed by atoms with Gasteiger partial charge in [-0.2, -0.15) is 13.2 Å². The van der Waals surface area contributed by atoms with Crippen LogP contribution in [-0.4, -0.2) is 68.8 Å². The molecule has 0 spiro atoms. The first kappa shape index (κ1) is 26.6. The highest BCUT2D eigenvalue weighted by molar-refractivity contribution is 14.0. The van der Waals surface area contributed by atoms with Gasteiger partial charge in [0.1, 0.15) is 0 Å². The summed E-state index contributed by atoms with van der Waals surface area (Å²) in [5, 5.41) is 8.23. The maximum absolute atomic E-state index is 12.7. The molecule has 1 aliphatic carbocycles. The number of ether oxygens (including phenoxy) is 1. The number of thiazole rings is 1. The van der Waals surface area contributed by atoms with Crippen molar-refractivity contribution in [3.63, 3.8) is 0 Å². The summed E-state index contributed by atoms with van der Waals surface area (Å²) in [6, 6.07) is 0. The second-order valence-electron chi connectivity index (χ2n) is 8.18. The van der Waals surface area contributed by atoms with E-state index in [4.69, 9.17) is 4.74 Å². The lowest BCUT2D eigenvalue weighted by Gasteiger charge is -2.42. The van der Waals surface area contributed by atoms with Crippen molar-refractivity contribution in [2.24, 2.45) is 10.4 Å². The van der Waals surface area contributed by atoms with E-state index >= 15 is 0 Å². The molecule has 2 heterocycles. The predicted octanol–water partition coefficient (Wildman–Crippen LogP) is 3.77. The number of halogens is 4. The topological polar surface area (TPSA) is 61.8 Å². The van der Waals surface area contributed by atoms with Gasteiger partial charge in [0.15, 0.2) is 11.7 Å². The van der Waals surface area contributed by atoms with Crippen LogP contribution in [0, 0.1) is 5.41 Å². The van der Waals surface area contributed by atoms with Gasteiger partial charge in [0.05, 0.1) is 18.2 Å². The molecule has 178 valence electrons. The molecule has 1 saturated heterocycles. The van der Waals surface area contributed by atoms with Crippen molar-refractivity contribution >= 4 is 41.3 Å². The molecule has 1 saturated carbocycles. The van der Waals surface area contributed by atoms with E-state index in [1.807, 2.05) is 0 Å². The Balaban J connectivity index is 0.00000341. The number of alkyl halides is 3. The third-order valence-corrected chi connectivity index (χ3v) is 6.81. The summed E-state index contributed by atoms with van der Waals surface area (Å²) < 4.78 is 43.5. The predicted molar refractivity (Wildman–Crippen MR) is 128 cm³/mol. The van der Waals surface area contributed by atoms with Gasteiger partial charge in [-0.25, -0.2) is 4.98 Å². The number of hydrogen-bond donors (Lipinski definition) is 2. The summed E-state index contributed by atoms with van der Waals surface area (Å²) in [4.78, 5) is 10.5. The highest BCUT2D eigenvalue weighted by atomic mass is 127. The van der Waals surface area contributed by atoms with Gasteiger partial charge in [-0.3, -0.25) is 9.89 Å². The van der Waals surface area contributed by atoms with Crippen LogP contribution < -0.4 is 10.6 Å². The third-order valence-electron chi connectivity index (χ3n) is 5.90. The lowest BCUT2D eigenvalue weighted by Crippen LogP contribution is -2.51. The minimum absolute atomic E-state index is 0. The number of nitrogens with zero attached hydrogens (tertiary/aromatic N) is 3. The molecule has 3 rings (SSSR count). The molecule has 2 fully saturated rings. The van der Waals surface area contributed by atoms with Crippen LogP contribution in [0.2, 0.25) is 0 Å². The second kappa shape index (κ2) is 12.5. The van der Waals surface area contributed by atoms with Crippen molar-refractivity contribution < 1.29 is 17.9 Å². The molecule has 0 amide bonds. The van der Waals surface area contributed by atoms with Gasteiger partial charge in [0.25, 0.3) is 0 Å². The van der Waals surface area contributed by atoms with Crippen LogP contribution in [-0.2, 0) is 17.3 Å². The van der Waals surface area contributed by atoms with Gasteiger partial charge in [-0.1, -0.05) is 19.3 Å². The third kappa shape index (κ3) is 8.32. The van der Waals surface area contributed by atoms with Crippen LogP contribution in [0.15, 0.2) is 10.4 Å². The number of rotatable bonds is 7. The first-order chi connectivity index (χ1) is 14.4. The Morgan fingerprint density at radius 1 is 1.23 bits per heavy atom. The molecule has 0 radical (unpaired) electrons. The van der Waals surface area contributed by atoms with Gasteiger partial charge in [-0.15, -0.1) is 35.3 Å². The van der Waals surface area contributed by atoms with E-state index in [-0.39, 0.29) is 29.4 Å². The highest BCUT2D eigenvalue weighted by Gasteiger charge is 2.35. The SMILES string of the molecule is CN=C(NCCc1nc(C(F)(F)F)cs1)NCC1(CN2CCOCC2)CCCCC1.I. The zero-order valence-corrected chi connectivity index (χ0v) is 21.1. The largest absolute Gasteiger partial charge is 0.434 e. The summed E-state index contributed by atoms with van der Waals surface area (Å²) in [6.45, 7) is 5.99. The standard InChI is InChI=1S/C20H32F3N5OS.HI/c1-24-18(25-8-5-17-27-16(13-30-17)20(21,22)23)26-14-19(6-3-2-4-7-19)15-28-9-11-29-12-10-28;/h13H,2-12,14-15H2,1H3,(H2,24,25,26);1H. The van der Waals surface area contributed by atoms with Crippen molar-refractivity contribution in [2.45, 2.75) is 44.7 Å². The van der Waals surface area contributed by atoms with Crippen LogP contribution in [0.25, 0.3) is 0 Å². The average molecular weight is 575 g/mol. The Morgan fingerprint density at radius 2 is 1.94 bits per heavy atom. The molecule has 0 unspecified atom stereocenters. The molecule has 11 heteroatoms. The summed E-state index contributed by atoms with van der Waals surface area (Å²) in [7, 11) is 1.72. The van der Waals surface area contributed by atoms with Gasteiger partial charge < -0.3 is 15.4 Å². The smallest absolute Gasteiger partial charge is 0.379 e. The second-order valence-corrected chi connectivity index (χ2v) is 9.12. The van der Waals surface area contributed by atoms with Crippen molar-refractivity contribution in [3.8, 4) is 0 Å². The van der Waals surface area contributed by atoms with E-state index in [9.17, 15) is 13.2 Å². The van der Waals surface area contributed by atoms with Crippen molar-refractivity contribution in [1.29, 1.82) is 0 Å². The zero-order chi connectivity index (χ0) is 21.5. The zero-order valence-electron chi connectivity index (χ0n) is 18.0. The molecule has 2 N–H and O–H groups in total. The van der Waals surface area contributed by atoms with Gasteiger partial charge in [-0.05, 0) is 12.8 Å². The maximum atomic E-state index is 12.7. The van der Waals surface area contributed by atoms with E-state index in [0.29, 0.717) is 23.9 Å². The molecule has 0 bridgehead atoms. The fourth-order valence-corrected chi connectivity index (χ4v) is 5.07. The Kier molecular flexibility index (Phi) is 10.8. The lowest BCUT2D eigenvalue weighted by molar-refractivity contribution is -0.140. The fraction of sp³-hybridized carbons (Fsp3) is 0.800. The summed E-state index contributed by atoms with van der Waals surface area (Å²) in [5.74, 6) is 0.689. The van der Waals surface area contributed by atoms with Crippen molar-refractivity contribution in [2.75, 3.05) is 53.0 Å². The molecular formula is C20H33F3IN5OS. The maximum Gasteiger partial charge on any atom is 0.434 e. The normalized spacial score (nSPS) is 20.2. The van der Waals surface area contributed by atoms with E-state index in [1.54, 1.807) is 7.05 Å². The number of morpholine rings is 1. The average Bonchev–Trinajstić information content (AvgIpc) is 3.21. The van der Waals surface area contributed by atoms with Crippen LogP contribution >= 0.6 is 35.3 Å². The minimum atomic E-state index is -4.38. The monoisotopic (exact) mass is 575 g/mol. The van der Waals surface area contributed by atoms with Crippen molar-refractivity contribution in [1.82, 2.24) is 20.5 Å². The molecule has 1 aromatic rings.